The van der Waals surface area contributed by atoms with Crippen LogP contribution in [0.15, 0.2) is 77.8 Å². The number of carbonyl (C=O) groups excluding carboxylic acids is 1. The van der Waals surface area contributed by atoms with E-state index < -0.39 is 16.4 Å². The standard InChI is InChI=1S/C27H27F2N3O3S/c28-25(29)19-8-10-22(11-9-19)36(34,35)32-18-27(23-6-1-2-7-24(23)32)14-12-20(13-15-27)26(33)31-17-21-5-3-4-16-30-21/h1-11,16,20,25H,12-15,17-18H2,(H,31,33). The molecule has 0 radical (unpaired) electrons. The van der Waals surface area contributed by atoms with Gasteiger partial charge in [-0.3, -0.25) is 14.1 Å². The minimum absolute atomic E-state index is 0.00890. The van der Waals surface area contributed by atoms with Crippen LogP contribution >= 0.6 is 0 Å². The van der Waals surface area contributed by atoms with Gasteiger partial charge < -0.3 is 5.32 Å². The zero-order valence-corrected chi connectivity index (χ0v) is 20.4. The number of carbonyl (C=O) groups is 1. The van der Waals surface area contributed by atoms with Crippen LogP contribution in [0.4, 0.5) is 14.5 Å². The minimum Gasteiger partial charge on any atom is -0.350 e. The van der Waals surface area contributed by atoms with Gasteiger partial charge in [-0.15, -0.1) is 0 Å². The summed E-state index contributed by atoms with van der Waals surface area (Å²) >= 11 is 0. The molecule has 0 atom stereocenters. The van der Waals surface area contributed by atoms with Gasteiger partial charge in [0.2, 0.25) is 5.91 Å². The van der Waals surface area contributed by atoms with E-state index in [1.165, 1.54) is 16.4 Å². The van der Waals surface area contributed by atoms with Gasteiger partial charge >= 0.3 is 0 Å². The van der Waals surface area contributed by atoms with E-state index in [4.69, 9.17) is 0 Å². The number of sulfonamides is 1. The number of alkyl halides is 2. The topological polar surface area (TPSA) is 79.4 Å². The van der Waals surface area contributed by atoms with E-state index in [1.54, 1.807) is 18.3 Å². The molecule has 3 aromatic rings. The summed E-state index contributed by atoms with van der Waals surface area (Å²) in [6.07, 6.45) is 1.70. The fraction of sp³-hybridized carbons (Fsp3) is 0.333. The molecule has 9 heteroatoms. The summed E-state index contributed by atoms with van der Waals surface area (Å²) in [6, 6.07) is 17.8. The SMILES string of the molecule is O=C(NCc1ccccn1)C1CCC2(CC1)CN(S(=O)(=O)c1ccc(C(F)F)cc1)c1ccccc12. The number of hydrogen-bond donors (Lipinski definition) is 1. The Morgan fingerprint density at radius 2 is 1.72 bits per heavy atom. The predicted molar refractivity (Wildman–Crippen MR) is 132 cm³/mol. The van der Waals surface area contributed by atoms with Gasteiger partial charge in [-0.25, -0.2) is 17.2 Å². The molecule has 0 unspecified atom stereocenters. The van der Waals surface area contributed by atoms with Crippen molar-refractivity contribution in [3.05, 3.63) is 89.7 Å². The molecule has 6 nitrogen and oxygen atoms in total. The number of nitrogens with one attached hydrogen (secondary N) is 1. The van der Waals surface area contributed by atoms with Crippen LogP contribution in [0.1, 0.15) is 48.9 Å². The Morgan fingerprint density at radius 3 is 2.39 bits per heavy atom. The maximum absolute atomic E-state index is 13.6. The van der Waals surface area contributed by atoms with Gasteiger partial charge in [0.1, 0.15) is 0 Å². The first-order chi connectivity index (χ1) is 17.3. The Morgan fingerprint density at radius 1 is 1.03 bits per heavy atom. The second-order valence-electron chi connectivity index (χ2n) is 9.49. The number of pyridine rings is 1. The summed E-state index contributed by atoms with van der Waals surface area (Å²) in [6.45, 7) is 0.647. The number of rotatable bonds is 6. The van der Waals surface area contributed by atoms with E-state index in [-0.39, 0.29) is 34.2 Å². The highest BCUT2D eigenvalue weighted by Gasteiger charge is 2.48. The molecule has 188 valence electrons. The average molecular weight is 512 g/mol. The van der Waals surface area contributed by atoms with E-state index in [2.05, 4.69) is 10.3 Å². The molecule has 1 N–H and O–H groups in total. The van der Waals surface area contributed by atoms with Gasteiger partial charge in [-0.2, -0.15) is 0 Å². The third-order valence-corrected chi connectivity index (χ3v) is 9.17. The molecule has 1 aliphatic carbocycles. The lowest BCUT2D eigenvalue weighted by Gasteiger charge is -2.37. The summed E-state index contributed by atoms with van der Waals surface area (Å²) in [5, 5.41) is 2.97. The van der Waals surface area contributed by atoms with Crippen LogP contribution in [-0.2, 0) is 26.8 Å². The van der Waals surface area contributed by atoms with Crippen molar-refractivity contribution >= 4 is 21.6 Å². The molecular weight excluding hydrogens is 484 g/mol. The monoisotopic (exact) mass is 511 g/mol. The van der Waals surface area contributed by atoms with Crippen LogP contribution in [0, 0.1) is 5.92 Å². The Bertz CT molecular complexity index is 1340. The first kappa shape index (κ1) is 24.4. The Labute approximate surface area is 209 Å². The zero-order chi connectivity index (χ0) is 25.3. The molecule has 2 aromatic carbocycles. The Kier molecular flexibility index (Phi) is 6.51. The van der Waals surface area contributed by atoms with Crippen molar-refractivity contribution in [3.63, 3.8) is 0 Å². The van der Waals surface area contributed by atoms with E-state index >= 15 is 0 Å². The summed E-state index contributed by atoms with van der Waals surface area (Å²) < 4.78 is 54.5. The highest BCUT2D eigenvalue weighted by molar-refractivity contribution is 7.92. The third-order valence-electron chi connectivity index (χ3n) is 7.39. The lowest BCUT2D eigenvalue weighted by Crippen LogP contribution is -2.42. The largest absolute Gasteiger partial charge is 0.350 e. The number of hydrogen-bond acceptors (Lipinski definition) is 4. The Balaban J connectivity index is 1.32. The summed E-state index contributed by atoms with van der Waals surface area (Å²) in [5.74, 6) is -0.149. The molecule has 2 heterocycles. The number of nitrogens with zero attached hydrogens (tertiary/aromatic N) is 2. The molecule has 1 saturated carbocycles. The molecule has 5 rings (SSSR count). The minimum atomic E-state index is -3.94. The van der Waals surface area contributed by atoms with E-state index in [0.29, 0.717) is 37.9 Å². The quantitative estimate of drug-likeness (QED) is 0.507. The number of halogens is 2. The fourth-order valence-corrected chi connectivity index (χ4v) is 6.97. The molecule has 0 saturated heterocycles. The zero-order valence-electron chi connectivity index (χ0n) is 19.6. The van der Waals surface area contributed by atoms with Gasteiger partial charge in [-0.05, 0) is 61.6 Å². The molecule has 1 amide bonds. The molecule has 36 heavy (non-hydrogen) atoms. The van der Waals surface area contributed by atoms with Gasteiger partial charge in [-0.1, -0.05) is 36.4 Å². The van der Waals surface area contributed by atoms with Crippen LogP contribution in [-0.4, -0.2) is 25.9 Å². The van der Waals surface area contributed by atoms with Crippen molar-refractivity contribution in [3.8, 4) is 0 Å². The van der Waals surface area contributed by atoms with Crippen molar-refractivity contribution in [2.24, 2.45) is 5.92 Å². The van der Waals surface area contributed by atoms with Gasteiger partial charge in [0.05, 0.1) is 22.8 Å². The second kappa shape index (κ2) is 9.61. The van der Waals surface area contributed by atoms with Gasteiger partial charge in [0, 0.05) is 29.6 Å². The first-order valence-corrected chi connectivity index (χ1v) is 13.4. The lowest BCUT2D eigenvalue weighted by atomic mass is 9.67. The summed E-state index contributed by atoms with van der Waals surface area (Å²) in [4.78, 5) is 17.0. The van der Waals surface area contributed by atoms with Gasteiger partial charge in [0.15, 0.2) is 0 Å². The first-order valence-electron chi connectivity index (χ1n) is 12.0. The highest BCUT2D eigenvalue weighted by atomic mass is 32.2. The number of aromatic nitrogens is 1. The third kappa shape index (κ3) is 4.48. The average Bonchev–Trinajstić information content (AvgIpc) is 3.23. The number of para-hydroxylation sites is 1. The molecule has 1 spiro atoms. The summed E-state index contributed by atoms with van der Waals surface area (Å²) in [5.41, 5.74) is 1.78. The maximum atomic E-state index is 13.6. The molecule has 1 fully saturated rings. The van der Waals surface area contributed by atoms with E-state index in [1.807, 2.05) is 30.3 Å². The number of fused-ring (bicyclic) bond motifs is 2. The molecule has 1 aliphatic heterocycles. The maximum Gasteiger partial charge on any atom is 0.264 e. The number of benzene rings is 2. The smallest absolute Gasteiger partial charge is 0.264 e. The predicted octanol–water partition coefficient (Wildman–Crippen LogP) is 4.97. The highest BCUT2D eigenvalue weighted by Crippen LogP contribution is 2.51. The normalized spacial score (nSPS) is 21.5. The van der Waals surface area contributed by atoms with Crippen LogP contribution in [0.3, 0.4) is 0 Å². The number of amides is 1. The molecule has 2 aliphatic rings. The van der Waals surface area contributed by atoms with Crippen molar-refractivity contribution in [1.82, 2.24) is 10.3 Å². The van der Waals surface area contributed by atoms with E-state index in [9.17, 15) is 22.0 Å². The molecule has 1 aromatic heterocycles. The van der Waals surface area contributed by atoms with Crippen molar-refractivity contribution in [2.75, 3.05) is 10.8 Å². The second-order valence-corrected chi connectivity index (χ2v) is 11.4. The van der Waals surface area contributed by atoms with Crippen LogP contribution in [0.25, 0.3) is 0 Å². The van der Waals surface area contributed by atoms with Crippen LogP contribution in [0.2, 0.25) is 0 Å². The fourth-order valence-electron chi connectivity index (χ4n) is 5.40. The number of anilines is 1. The van der Waals surface area contributed by atoms with Crippen molar-refractivity contribution in [1.29, 1.82) is 0 Å². The van der Waals surface area contributed by atoms with Crippen molar-refractivity contribution < 1.29 is 22.0 Å². The van der Waals surface area contributed by atoms with Crippen LogP contribution < -0.4 is 9.62 Å². The Hall–Kier alpha value is -3.33. The van der Waals surface area contributed by atoms with Crippen molar-refractivity contribution in [2.45, 2.75) is 49.0 Å². The molecule has 0 bridgehead atoms. The lowest BCUT2D eigenvalue weighted by molar-refractivity contribution is -0.126. The molecular formula is C27H27F2N3O3S. The summed E-state index contributed by atoms with van der Waals surface area (Å²) in [7, 11) is -3.94. The van der Waals surface area contributed by atoms with Crippen LogP contribution in [0.5, 0.6) is 0 Å². The van der Waals surface area contributed by atoms with E-state index in [0.717, 1.165) is 23.4 Å². The van der Waals surface area contributed by atoms with Gasteiger partial charge in [0.25, 0.3) is 16.4 Å².